The Balaban J connectivity index is 2.65. The molecule has 3 heteroatoms. The van der Waals surface area contributed by atoms with E-state index in [1.54, 1.807) is 6.92 Å². The molecular formula is C19H31NO2. The molecule has 0 aliphatic rings. The molecule has 1 aromatic rings. The van der Waals surface area contributed by atoms with Crippen LogP contribution in [0.15, 0.2) is 24.3 Å². The molecule has 1 N–H and O–H groups in total. The minimum atomic E-state index is -0.721. The van der Waals surface area contributed by atoms with Crippen molar-refractivity contribution < 1.29 is 9.90 Å². The van der Waals surface area contributed by atoms with Crippen LogP contribution >= 0.6 is 0 Å². The van der Waals surface area contributed by atoms with Crippen molar-refractivity contribution in [2.45, 2.75) is 59.3 Å². The predicted molar refractivity (Wildman–Crippen MR) is 93.6 cm³/mol. The fourth-order valence-electron chi connectivity index (χ4n) is 2.58. The van der Waals surface area contributed by atoms with Gasteiger partial charge >= 0.3 is 5.97 Å². The molecule has 0 heterocycles. The van der Waals surface area contributed by atoms with Crippen molar-refractivity contribution in [1.82, 2.24) is 0 Å². The van der Waals surface area contributed by atoms with Gasteiger partial charge in [-0.3, -0.25) is 4.79 Å². The van der Waals surface area contributed by atoms with Gasteiger partial charge in [-0.2, -0.15) is 0 Å². The Kier molecular flexibility index (Phi) is 8.64. The fraction of sp³-hybridized carbons (Fsp3) is 0.632. The van der Waals surface area contributed by atoms with Crippen LogP contribution in [0.5, 0.6) is 0 Å². The fourth-order valence-corrected chi connectivity index (χ4v) is 2.58. The standard InChI is InChI=1S/C19H31NO2/c1-4-6-7-8-9-14-20(15-16(3)19(21)22)18-12-10-17(5-2)11-13-18/h10-13,16H,4-9,14-15H2,1-3H3,(H,21,22). The third-order valence-electron chi connectivity index (χ3n) is 4.16. The summed E-state index contributed by atoms with van der Waals surface area (Å²) in [4.78, 5) is 13.4. The van der Waals surface area contributed by atoms with E-state index in [0.717, 1.165) is 25.1 Å². The van der Waals surface area contributed by atoms with Crippen LogP contribution in [0.25, 0.3) is 0 Å². The average molecular weight is 305 g/mol. The molecule has 0 saturated carbocycles. The Morgan fingerprint density at radius 3 is 2.27 bits per heavy atom. The van der Waals surface area contributed by atoms with Crippen LogP contribution < -0.4 is 4.90 Å². The van der Waals surface area contributed by atoms with Gasteiger partial charge in [0.25, 0.3) is 0 Å². The van der Waals surface area contributed by atoms with Crippen LogP contribution in [-0.2, 0) is 11.2 Å². The van der Waals surface area contributed by atoms with Gasteiger partial charge in [-0.15, -0.1) is 0 Å². The SMILES string of the molecule is CCCCCCCN(CC(C)C(=O)O)c1ccc(CC)cc1. The number of hydrogen-bond acceptors (Lipinski definition) is 2. The summed E-state index contributed by atoms with van der Waals surface area (Å²) < 4.78 is 0. The number of unbranched alkanes of at least 4 members (excludes halogenated alkanes) is 4. The molecule has 0 bridgehead atoms. The molecule has 0 saturated heterocycles. The van der Waals surface area contributed by atoms with Crippen molar-refractivity contribution >= 4 is 11.7 Å². The summed E-state index contributed by atoms with van der Waals surface area (Å²) in [6, 6.07) is 8.54. The Morgan fingerprint density at radius 2 is 1.73 bits per heavy atom. The van der Waals surface area contributed by atoms with E-state index in [2.05, 4.69) is 43.0 Å². The number of nitrogens with zero attached hydrogens (tertiary/aromatic N) is 1. The smallest absolute Gasteiger partial charge is 0.308 e. The number of rotatable bonds is 11. The molecule has 0 aliphatic carbocycles. The first-order chi connectivity index (χ1) is 10.6. The summed E-state index contributed by atoms with van der Waals surface area (Å²) in [6.07, 6.45) is 7.19. The first kappa shape index (κ1) is 18.5. The van der Waals surface area contributed by atoms with Gasteiger partial charge in [-0.25, -0.2) is 0 Å². The largest absolute Gasteiger partial charge is 0.481 e. The van der Waals surface area contributed by atoms with Crippen LogP contribution in [0.2, 0.25) is 0 Å². The average Bonchev–Trinajstić information content (AvgIpc) is 2.53. The Labute approximate surface area is 135 Å². The lowest BCUT2D eigenvalue weighted by Crippen LogP contribution is -2.32. The Hall–Kier alpha value is -1.51. The second-order valence-corrected chi connectivity index (χ2v) is 6.12. The maximum atomic E-state index is 11.2. The highest BCUT2D eigenvalue weighted by Gasteiger charge is 2.16. The second-order valence-electron chi connectivity index (χ2n) is 6.12. The summed E-state index contributed by atoms with van der Waals surface area (Å²) in [5.74, 6) is -1.07. The molecular weight excluding hydrogens is 274 g/mol. The molecule has 124 valence electrons. The van der Waals surface area contributed by atoms with Crippen LogP contribution in [0.3, 0.4) is 0 Å². The molecule has 0 amide bonds. The normalized spacial score (nSPS) is 12.1. The van der Waals surface area contributed by atoms with Gasteiger partial charge in [0.2, 0.25) is 0 Å². The van der Waals surface area contributed by atoms with Gasteiger partial charge in [0, 0.05) is 18.8 Å². The quantitative estimate of drug-likeness (QED) is 0.600. The third kappa shape index (κ3) is 6.50. The lowest BCUT2D eigenvalue weighted by molar-refractivity contribution is -0.140. The topological polar surface area (TPSA) is 40.5 Å². The van der Waals surface area contributed by atoms with Gasteiger partial charge in [0.15, 0.2) is 0 Å². The van der Waals surface area contributed by atoms with Crippen LogP contribution in [0.4, 0.5) is 5.69 Å². The van der Waals surface area contributed by atoms with Crippen molar-refractivity contribution in [2.24, 2.45) is 5.92 Å². The highest BCUT2D eigenvalue weighted by atomic mass is 16.4. The molecule has 0 aliphatic heterocycles. The zero-order chi connectivity index (χ0) is 16.4. The highest BCUT2D eigenvalue weighted by molar-refractivity contribution is 5.70. The van der Waals surface area contributed by atoms with Crippen LogP contribution in [-0.4, -0.2) is 24.2 Å². The molecule has 0 radical (unpaired) electrons. The zero-order valence-corrected chi connectivity index (χ0v) is 14.3. The van der Waals surface area contributed by atoms with Gasteiger partial charge < -0.3 is 10.0 Å². The number of carboxylic acids is 1. The zero-order valence-electron chi connectivity index (χ0n) is 14.3. The number of carbonyl (C=O) groups is 1. The lowest BCUT2D eigenvalue weighted by atomic mass is 10.1. The minimum absolute atomic E-state index is 0.346. The summed E-state index contributed by atoms with van der Waals surface area (Å²) in [5, 5.41) is 9.17. The molecule has 1 atom stereocenters. The van der Waals surface area contributed by atoms with Crippen molar-refractivity contribution in [3.63, 3.8) is 0 Å². The van der Waals surface area contributed by atoms with E-state index >= 15 is 0 Å². The van der Waals surface area contributed by atoms with Crippen molar-refractivity contribution in [3.8, 4) is 0 Å². The maximum absolute atomic E-state index is 11.2. The molecule has 0 fully saturated rings. The molecule has 3 nitrogen and oxygen atoms in total. The second kappa shape index (κ2) is 10.3. The van der Waals surface area contributed by atoms with Gasteiger partial charge in [-0.05, 0) is 30.5 Å². The summed E-state index contributed by atoms with van der Waals surface area (Å²) in [6.45, 7) is 7.66. The number of carboxylic acid groups (broad SMARTS) is 1. The summed E-state index contributed by atoms with van der Waals surface area (Å²) in [5.41, 5.74) is 2.46. The first-order valence-electron chi connectivity index (χ1n) is 8.65. The van der Waals surface area contributed by atoms with Crippen molar-refractivity contribution in [3.05, 3.63) is 29.8 Å². The minimum Gasteiger partial charge on any atom is -0.481 e. The number of benzene rings is 1. The maximum Gasteiger partial charge on any atom is 0.308 e. The third-order valence-corrected chi connectivity index (χ3v) is 4.16. The molecule has 0 aromatic heterocycles. The van der Waals surface area contributed by atoms with Gasteiger partial charge in [0.1, 0.15) is 0 Å². The molecule has 0 spiro atoms. The van der Waals surface area contributed by atoms with E-state index in [1.165, 1.54) is 31.2 Å². The number of aliphatic carboxylic acids is 1. The number of anilines is 1. The van der Waals surface area contributed by atoms with Crippen LogP contribution in [0, 0.1) is 5.92 Å². The van der Waals surface area contributed by atoms with Gasteiger partial charge in [-0.1, -0.05) is 58.6 Å². The Morgan fingerprint density at radius 1 is 1.09 bits per heavy atom. The van der Waals surface area contributed by atoms with E-state index < -0.39 is 5.97 Å². The number of hydrogen-bond donors (Lipinski definition) is 1. The number of aryl methyl sites for hydroxylation is 1. The molecule has 22 heavy (non-hydrogen) atoms. The monoisotopic (exact) mass is 305 g/mol. The summed E-state index contributed by atoms with van der Waals surface area (Å²) >= 11 is 0. The lowest BCUT2D eigenvalue weighted by Gasteiger charge is -2.27. The summed E-state index contributed by atoms with van der Waals surface area (Å²) in [7, 11) is 0. The predicted octanol–water partition coefficient (Wildman–Crippen LogP) is 4.75. The van der Waals surface area contributed by atoms with E-state index in [1.807, 2.05) is 0 Å². The molecule has 1 aromatic carbocycles. The van der Waals surface area contributed by atoms with E-state index in [-0.39, 0.29) is 5.92 Å². The first-order valence-corrected chi connectivity index (χ1v) is 8.65. The van der Waals surface area contributed by atoms with E-state index in [9.17, 15) is 9.90 Å². The van der Waals surface area contributed by atoms with Crippen LogP contribution in [0.1, 0.15) is 58.4 Å². The molecule has 1 rings (SSSR count). The Bertz CT molecular complexity index is 428. The highest BCUT2D eigenvalue weighted by Crippen LogP contribution is 2.18. The van der Waals surface area contributed by atoms with Gasteiger partial charge in [0.05, 0.1) is 5.92 Å². The van der Waals surface area contributed by atoms with E-state index in [4.69, 9.17) is 0 Å². The van der Waals surface area contributed by atoms with Crippen molar-refractivity contribution in [2.75, 3.05) is 18.0 Å². The molecule has 1 unspecified atom stereocenters. The van der Waals surface area contributed by atoms with Crippen molar-refractivity contribution in [1.29, 1.82) is 0 Å². The van der Waals surface area contributed by atoms with E-state index in [0.29, 0.717) is 6.54 Å².